The molecular weight excluding hydrogens is 232 g/mol. The van der Waals surface area contributed by atoms with Gasteiger partial charge < -0.3 is 4.90 Å². The summed E-state index contributed by atoms with van der Waals surface area (Å²) >= 11 is 1.76. The van der Waals surface area contributed by atoms with Crippen molar-refractivity contribution in [2.24, 2.45) is 0 Å². The van der Waals surface area contributed by atoms with Crippen molar-refractivity contribution in [3.05, 3.63) is 23.9 Å². The Morgan fingerprint density at radius 3 is 2.94 bits per heavy atom. The van der Waals surface area contributed by atoms with Gasteiger partial charge in [0.25, 0.3) is 0 Å². The Labute approximate surface area is 107 Å². The maximum Gasteiger partial charge on any atom is 0.210 e. The predicted molar refractivity (Wildman–Crippen MR) is 70.0 cm³/mol. The Bertz CT molecular complexity index is 378. The fourth-order valence-corrected chi connectivity index (χ4v) is 2.92. The lowest BCUT2D eigenvalue weighted by Crippen LogP contribution is -2.21. The van der Waals surface area contributed by atoms with E-state index in [-0.39, 0.29) is 6.04 Å². The van der Waals surface area contributed by atoms with Crippen molar-refractivity contribution in [3.8, 4) is 0 Å². The number of hydrogen-bond donors (Lipinski definition) is 0. The largest absolute Gasteiger partial charge is 0.338 e. The van der Waals surface area contributed by atoms with Gasteiger partial charge in [-0.3, -0.25) is 4.79 Å². The number of aromatic nitrogens is 1. The molecule has 1 aliphatic rings. The van der Waals surface area contributed by atoms with Gasteiger partial charge in [0, 0.05) is 18.0 Å². The number of hydrogen-bond acceptors (Lipinski definition) is 3. The summed E-state index contributed by atoms with van der Waals surface area (Å²) in [7, 11) is 0. The molecule has 1 aromatic rings. The van der Waals surface area contributed by atoms with Gasteiger partial charge in [0.2, 0.25) is 6.41 Å². The molecule has 0 unspecified atom stereocenters. The number of pyridine rings is 1. The number of likely N-dealkylation sites (tertiary alicyclic amines) is 1. The third-order valence-corrected chi connectivity index (χ3v) is 3.88. The molecule has 0 radical (unpaired) electrons. The van der Waals surface area contributed by atoms with Crippen LogP contribution in [-0.2, 0) is 4.79 Å². The fraction of sp³-hybridized carbons (Fsp3) is 0.538. The summed E-state index contributed by atoms with van der Waals surface area (Å²) in [6.45, 7) is 5.19. The van der Waals surface area contributed by atoms with Crippen molar-refractivity contribution in [1.82, 2.24) is 9.88 Å². The van der Waals surface area contributed by atoms with Gasteiger partial charge in [-0.05, 0) is 24.5 Å². The molecule has 0 N–H and O–H groups in total. The zero-order valence-electron chi connectivity index (χ0n) is 10.3. The van der Waals surface area contributed by atoms with E-state index in [1.165, 1.54) is 0 Å². The molecule has 1 atom stereocenters. The van der Waals surface area contributed by atoms with E-state index < -0.39 is 0 Å². The van der Waals surface area contributed by atoms with Gasteiger partial charge in [0.1, 0.15) is 0 Å². The van der Waals surface area contributed by atoms with Crippen molar-refractivity contribution in [3.63, 3.8) is 0 Å². The van der Waals surface area contributed by atoms with E-state index in [1.807, 2.05) is 11.1 Å². The molecule has 1 amide bonds. The van der Waals surface area contributed by atoms with Crippen molar-refractivity contribution in [2.45, 2.75) is 43.0 Å². The van der Waals surface area contributed by atoms with Crippen LogP contribution in [-0.4, -0.2) is 28.1 Å². The molecule has 1 saturated heterocycles. The Morgan fingerprint density at radius 2 is 2.35 bits per heavy atom. The molecule has 17 heavy (non-hydrogen) atoms. The van der Waals surface area contributed by atoms with Crippen LogP contribution in [0.2, 0.25) is 0 Å². The third-order valence-electron chi connectivity index (χ3n) is 2.93. The number of thioether (sulfide) groups is 1. The van der Waals surface area contributed by atoms with Crippen molar-refractivity contribution in [2.75, 3.05) is 6.54 Å². The van der Waals surface area contributed by atoms with Gasteiger partial charge in [0.15, 0.2) is 0 Å². The highest BCUT2D eigenvalue weighted by atomic mass is 32.2. The minimum Gasteiger partial charge on any atom is -0.338 e. The summed E-state index contributed by atoms with van der Waals surface area (Å²) < 4.78 is 0. The second-order valence-electron chi connectivity index (χ2n) is 4.60. The normalized spacial score (nSPS) is 19.9. The van der Waals surface area contributed by atoms with Crippen LogP contribution in [0.4, 0.5) is 0 Å². The molecule has 0 bridgehead atoms. The number of amides is 1. The van der Waals surface area contributed by atoms with E-state index in [1.54, 1.807) is 11.8 Å². The van der Waals surface area contributed by atoms with Crippen LogP contribution in [0.25, 0.3) is 0 Å². The predicted octanol–water partition coefficient (Wildman–Crippen LogP) is 2.88. The van der Waals surface area contributed by atoms with Crippen molar-refractivity contribution in [1.29, 1.82) is 0 Å². The molecule has 1 aliphatic heterocycles. The van der Waals surface area contributed by atoms with Gasteiger partial charge in [-0.15, -0.1) is 11.8 Å². The molecule has 0 aliphatic carbocycles. The topological polar surface area (TPSA) is 33.2 Å². The van der Waals surface area contributed by atoms with Gasteiger partial charge >= 0.3 is 0 Å². The highest BCUT2D eigenvalue weighted by Gasteiger charge is 2.24. The number of carbonyl (C=O) groups is 1. The molecule has 2 heterocycles. The van der Waals surface area contributed by atoms with Gasteiger partial charge in [0.05, 0.1) is 11.1 Å². The minimum atomic E-state index is 0.234. The SMILES string of the molecule is CC(C)Sc1ccc([C@H]2CCCN2C=O)cn1. The highest BCUT2D eigenvalue weighted by Crippen LogP contribution is 2.31. The van der Waals surface area contributed by atoms with Crippen LogP contribution in [0.3, 0.4) is 0 Å². The summed E-state index contributed by atoms with van der Waals surface area (Å²) in [5.74, 6) is 0. The van der Waals surface area contributed by atoms with Crippen LogP contribution in [0.5, 0.6) is 0 Å². The Kier molecular flexibility index (Phi) is 4.05. The van der Waals surface area contributed by atoms with Gasteiger partial charge in [-0.1, -0.05) is 19.9 Å². The van der Waals surface area contributed by atoms with E-state index >= 15 is 0 Å². The van der Waals surface area contributed by atoms with Crippen LogP contribution in [0.1, 0.15) is 38.3 Å². The quantitative estimate of drug-likeness (QED) is 0.608. The lowest BCUT2D eigenvalue weighted by molar-refractivity contribution is -0.118. The average molecular weight is 250 g/mol. The van der Waals surface area contributed by atoms with Crippen LogP contribution in [0.15, 0.2) is 23.4 Å². The Balaban J connectivity index is 2.09. The fourth-order valence-electron chi connectivity index (χ4n) is 2.17. The van der Waals surface area contributed by atoms with Gasteiger partial charge in [-0.2, -0.15) is 0 Å². The molecule has 1 fully saturated rings. The third kappa shape index (κ3) is 3.00. The zero-order chi connectivity index (χ0) is 12.3. The zero-order valence-corrected chi connectivity index (χ0v) is 11.1. The second kappa shape index (κ2) is 5.54. The number of nitrogens with zero attached hydrogens (tertiary/aromatic N) is 2. The summed E-state index contributed by atoms with van der Waals surface area (Å²) in [4.78, 5) is 17.2. The second-order valence-corrected chi connectivity index (χ2v) is 6.19. The first kappa shape index (κ1) is 12.4. The van der Waals surface area contributed by atoms with E-state index in [2.05, 4.69) is 31.0 Å². The Morgan fingerprint density at radius 1 is 1.53 bits per heavy atom. The first-order valence-electron chi connectivity index (χ1n) is 6.04. The highest BCUT2D eigenvalue weighted by molar-refractivity contribution is 7.99. The number of carbonyl (C=O) groups excluding carboxylic acids is 1. The maximum atomic E-state index is 10.9. The molecule has 1 aromatic heterocycles. The summed E-state index contributed by atoms with van der Waals surface area (Å²) in [6.07, 6.45) is 5.01. The van der Waals surface area contributed by atoms with Crippen LogP contribution in [0, 0.1) is 0 Å². The van der Waals surface area contributed by atoms with Gasteiger partial charge in [-0.25, -0.2) is 4.98 Å². The lowest BCUT2D eigenvalue weighted by atomic mass is 10.1. The van der Waals surface area contributed by atoms with E-state index in [0.717, 1.165) is 36.4 Å². The standard InChI is InChI=1S/C13H18N2OS/c1-10(2)17-13-6-5-11(8-14-13)12-4-3-7-15(12)9-16/h5-6,8-10,12H,3-4,7H2,1-2H3/t12-/m1/s1. The first-order valence-corrected chi connectivity index (χ1v) is 6.92. The molecule has 2 rings (SSSR count). The number of rotatable bonds is 4. The minimum absolute atomic E-state index is 0.234. The average Bonchev–Trinajstić information content (AvgIpc) is 2.77. The van der Waals surface area contributed by atoms with E-state index in [0.29, 0.717) is 5.25 Å². The lowest BCUT2D eigenvalue weighted by Gasteiger charge is -2.20. The first-order chi connectivity index (χ1) is 8.20. The summed E-state index contributed by atoms with van der Waals surface area (Å²) in [5.41, 5.74) is 1.16. The molecule has 0 saturated carbocycles. The monoisotopic (exact) mass is 250 g/mol. The van der Waals surface area contributed by atoms with Crippen LogP contribution < -0.4 is 0 Å². The van der Waals surface area contributed by atoms with E-state index in [9.17, 15) is 4.79 Å². The molecular formula is C13H18N2OS. The molecule has 0 aromatic carbocycles. The molecule has 4 heteroatoms. The van der Waals surface area contributed by atoms with Crippen molar-refractivity contribution < 1.29 is 4.79 Å². The van der Waals surface area contributed by atoms with E-state index in [4.69, 9.17) is 0 Å². The van der Waals surface area contributed by atoms with Crippen molar-refractivity contribution >= 4 is 18.2 Å². The van der Waals surface area contributed by atoms with Crippen LogP contribution >= 0.6 is 11.8 Å². The molecule has 92 valence electrons. The Hall–Kier alpha value is -1.03. The summed E-state index contributed by atoms with van der Waals surface area (Å²) in [5, 5.41) is 1.60. The maximum absolute atomic E-state index is 10.9. The molecule has 3 nitrogen and oxygen atoms in total. The smallest absolute Gasteiger partial charge is 0.210 e. The molecule has 0 spiro atoms. The summed E-state index contributed by atoms with van der Waals surface area (Å²) in [6, 6.07) is 4.39.